The van der Waals surface area contributed by atoms with Crippen molar-refractivity contribution < 1.29 is 19.0 Å². The normalized spacial score (nSPS) is 27.0. The van der Waals surface area contributed by atoms with Gasteiger partial charge in [0.05, 0.1) is 10.6 Å². The average Bonchev–Trinajstić information content (AvgIpc) is 2.93. The quantitative estimate of drug-likeness (QED) is 0.365. The number of likely N-dealkylation sites (tertiary alicyclic amines) is 1. The summed E-state index contributed by atoms with van der Waals surface area (Å²) in [5, 5.41) is 18.9. The minimum Gasteiger partial charge on any atom is -0.385 e. The Hall–Kier alpha value is -1.41. The summed E-state index contributed by atoms with van der Waals surface area (Å²) in [4.78, 5) is 15.4. The molecule has 2 amide bonds. The Balaban J connectivity index is 1.47. The number of hydrogen-bond donors (Lipinski definition) is 3. The van der Waals surface area contributed by atoms with Gasteiger partial charge in [0.1, 0.15) is 5.82 Å². The van der Waals surface area contributed by atoms with E-state index < -0.39 is 11.4 Å². The van der Waals surface area contributed by atoms with Gasteiger partial charge in [-0.05, 0) is 63.0 Å². The summed E-state index contributed by atoms with van der Waals surface area (Å²) >= 11 is 6.12. The van der Waals surface area contributed by atoms with Crippen molar-refractivity contribution >= 4 is 17.6 Å². The lowest BCUT2D eigenvalue weighted by Gasteiger charge is -2.44. The second-order valence-corrected chi connectivity index (χ2v) is 11.8. The predicted octanol–water partition coefficient (Wildman–Crippen LogP) is 5.46. The van der Waals surface area contributed by atoms with Crippen molar-refractivity contribution in [2.24, 2.45) is 17.8 Å². The molecule has 208 valence electrons. The molecule has 3 fully saturated rings. The Kier molecular flexibility index (Phi) is 10.5. The third kappa shape index (κ3) is 6.97. The summed E-state index contributed by atoms with van der Waals surface area (Å²) in [5.74, 6) is 0.368. The summed E-state index contributed by atoms with van der Waals surface area (Å²) in [6.07, 6.45) is 10.9. The number of urea groups is 1. The number of carbonyl (C=O) groups excluding carboxylic acids is 1. The molecular weight excluding hydrogens is 493 g/mol. The third-order valence-electron chi connectivity index (χ3n) is 9.06. The molecule has 4 atom stereocenters. The standard InChI is InChI=1S/C29H45ClFN3O3/c1-37-18-6-5-15-29(36,24-12-7-13-25(30)27(24)31)22-11-8-17-34(20-22)28(35)33-26-19-32-16-14-23(26)21-9-3-2-4-10-21/h7,12-13,21-23,26,32,36H,2-6,8-11,14-20H2,1H3,(H,33,35)/t22-,23?,26?,29+/m1/s1. The van der Waals surface area contributed by atoms with Gasteiger partial charge in [-0.2, -0.15) is 0 Å². The second kappa shape index (κ2) is 13.6. The molecule has 2 aliphatic heterocycles. The first kappa shape index (κ1) is 28.6. The van der Waals surface area contributed by atoms with Crippen molar-refractivity contribution in [1.82, 2.24) is 15.5 Å². The van der Waals surface area contributed by atoms with E-state index in [1.165, 1.54) is 38.2 Å². The van der Waals surface area contributed by atoms with Crippen molar-refractivity contribution in [3.05, 3.63) is 34.6 Å². The zero-order valence-electron chi connectivity index (χ0n) is 22.3. The van der Waals surface area contributed by atoms with Gasteiger partial charge in [-0.1, -0.05) is 55.8 Å². The largest absolute Gasteiger partial charge is 0.385 e. The number of piperidine rings is 2. The molecule has 2 saturated heterocycles. The SMILES string of the molecule is COCCCC[C@@](O)(c1cccc(Cl)c1F)[C@@H]1CCCN(C(=O)NC2CNCCC2C2CCCCC2)C1. The summed E-state index contributed by atoms with van der Waals surface area (Å²) in [5.41, 5.74) is -1.17. The Morgan fingerprint density at radius 3 is 2.81 bits per heavy atom. The molecular formula is C29H45ClFN3O3. The molecule has 4 rings (SSSR count). The average molecular weight is 538 g/mol. The van der Waals surface area contributed by atoms with E-state index in [2.05, 4.69) is 10.6 Å². The number of aliphatic hydroxyl groups is 1. The number of methoxy groups -OCH3 is 1. The zero-order valence-corrected chi connectivity index (χ0v) is 23.1. The van der Waals surface area contributed by atoms with Crippen molar-refractivity contribution in [2.75, 3.05) is 39.9 Å². The van der Waals surface area contributed by atoms with E-state index in [9.17, 15) is 9.90 Å². The number of rotatable bonds is 9. The molecule has 3 N–H and O–H groups in total. The van der Waals surface area contributed by atoms with Crippen LogP contribution in [0.3, 0.4) is 0 Å². The molecule has 6 nitrogen and oxygen atoms in total. The Bertz CT molecular complexity index is 884. The highest BCUT2D eigenvalue weighted by molar-refractivity contribution is 6.30. The maximum Gasteiger partial charge on any atom is 0.317 e. The van der Waals surface area contributed by atoms with E-state index in [0.29, 0.717) is 44.4 Å². The number of ether oxygens (including phenoxy) is 1. The van der Waals surface area contributed by atoms with Gasteiger partial charge in [0, 0.05) is 50.9 Å². The molecule has 3 aliphatic rings. The number of benzene rings is 1. The number of halogens is 2. The van der Waals surface area contributed by atoms with Gasteiger partial charge in [-0.15, -0.1) is 0 Å². The number of carbonyl (C=O) groups is 1. The molecule has 0 aromatic heterocycles. The molecule has 2 unspecified atom stereocenters. The van der Waals surface area contributed by atoms with E-state index in [4.69, 9.17) is 16.3 Å². The molecule has 1 aliphatic carbocycles. The molecule has 1 saturated carbocycles. The number of nitrogens with one attached hydrogen (secondary N) is 2. The van der Waals surface area contributed by atoms with Crippen molar-refractivity contribution in [2.45, 2.75) is 82.3 Å². The molecule has 1 aromatic rings. The smallest absolute Gasteiger partial charge is 0.317 e. The van der Waals surface area contributed by atoms with Crippen LogP contribution in [0.15, 0.2) is 18.2 Å². The molecule has 8 heteroatoms. The summed E-state index contributed by atoms with van der Waals surface area (Å²) in [6, 6.07) is 4.90. The van der Waals surface area contributed by atoms with Crippen molar-refractivity contribution in [3.8, 4) is 0 Å². The van der Waals surface area contributed by atoms with Crippen molar-refractivity contribution in [1.29, 1.82) is 0 Å². The molecule has 0 radical (unpaired) electrons. The van der Waals surface area contributed by atoms with E-state index in [1.807, 2.05) is 4.90 Å². The maximum absolute atomic E-state index is 15.2. The van der Waals surface area contributed by atoms with E-state index in [0.717, 1.165) is 38.8 Å². The first-order chi connectivity index (χ1) is 17.9. The van der Waals surface area contributed by atoms with Gasteiger partial charge in [0.25, 0.3) is 0 Å². The van der Waals surface area contributed by atoms with Crippen LogP contribution in [0.5, 0.6) is 0 Å². The first-order valence-electron chi connectivity index (χ1n) is 14.4. The molecule has 0 bridgehead atoms. The van der Waals surface area contributed by atoms with Gasteiger partial charge in [-0.25, -0.2) is 9.18 Å². The van der Waals surface area contributed by atoms with Crippen LogP contribution in [-0.4, -0.2) is 62.0 Å². The van der Waals surface area contributed by atoms with Gasteiger partial charge in [0.15, 0.2) is 0 Å². The van der Waals surface area contributed by atoms with E-state index in [-0.39, 0.29) is 28.6 Å². The Morgan fingerprint density at radius 2 is 2.03 bits per heavy atom. The fourth-order valence-electron chi connectivity index (χ4n) is 7.00. The van der Waals surface area contributed by atoms with Crippen LogP contribution in [-0.2, 0) is 10.3 Å². The Labute approximate surface area is 226 Å². The van der Waals surface area contributed by atoms with Crippen LogP contribution in [0.4, 0.5) is 9.18 Å². The second-order valence-electron chi connectivity index (χ2n) is 11.4. The summed E-state index contributed by atoms with van der Waals surface area (Å²) in [7, 11) is 1.65. The number of hydrogen-bond acceptors (Lipinski definition) is 4. The van der Waals surface area contributed by atoms with Crippen LogP contribution in [0.1, 0.15) is 76.2 Å². The van der Waals surface area contributed by atoms with Crippen LogP contribution in [0.25, 0.3) is 0 Å². The van der Waals surface area contributed by atoms with Crippen LogP contribution >= 0.6 is 11.6 Å². The van der Waals surface area contributed by atoms with Gasteiger partial charge < -0.3 is 25.4 Å². The van der Waals surface area contributed by atoms with Crippen LogP contribution < -0.4 is 10.6 Å². The van der Waals surface area contributed by atoms with E-state index in [1.54, 1.807) is 19.2 Å². The zero-order chi connectivity index (χ0) is 26.3. The van der Waals surface area contributed by atoms with Gasteiger partial charge in [0.2, 0.25) is 0 Å². The number of nitrogens with zero attached hydrogens (tertiary/aromatic N) is 1. The molecule has 0 spiro atoms. The maximum atomic E-state index is 15.2. The topological polar surface area (TPSA) is 73.8 Å². The molecule has 1 aromatic carbocycles. The number of unbranched alkanes of at least 4 members (excludes halogenated alkanes) is 1. The van der Waals surface area contributed by atoms with Crippen molar-refractivity contribution in [3.63, 3.8) is 0 Å². The fourth-order valence-corrected chi connectivity index (χ4v) is 7.18. The number of amides is 2. The molecule has 2 heterocycles. The minimum absolute atomic E-state index is 0.0109. The van der Waals surface area contributed by atoms with Gasteiger partial charge in [-0.3, -0.25) is 0 Å². The highest BCUT2D eigenvalue weighted by atomic mass is 35.5. The van der Waals surface area contributed by atoms with Crippen LogP contribution in [0.2, 0.25) is 5.02 Å². The highest BCUT2D eigenvalue weighted by Gasteiger charge is 2.43. The lowest BCUT2D eigenvalue weighted by atomic mass is 9.73. The molecule has 37 heavy (non-hydrogen) atoms. The monoisotopic (exact) mass is 537 g/mol. The minimum atomic E-state index is -1.40. The highest BCUT2D eigenvalue weighted by Crippen LogP contribution is 2.42. The summed E-state index contributed by atoms with van der Waals surface area (Å²) < 4.78 is 20.4. The predicted molar refractivity (Wildman–Crippen MR) is 145 cm³/mol. The Morgan fingerprint density at radius 1 is 1.22 bits per heavy atom. The first-order valence-corrected chi connectivity index (χ1v) is 14.7. The van der Waals surface area contributed by atoms with Gasteiger partial charge >= 0.3 is 6.03 Å². The lowest BCUT2D eigenvalue weighted by Crippen LogP contribution is -2.58. The summed E-state index contributed by atoms with van der Waals surface area (Å²) in [6.45, 7) is 3.45. The third-order valence-corrected chi connectivity index (χ3v) is 9.35. The van der Waals surface area contributed by atoms with Crippen LogP contribution in [0, 0.1) is 23.6 Å². The fraction of sp³-hybridized carbons (Fsp3) is 0.759. The van der Waals surface area contributed by atoms with E-state index >= 15 is 4.39 Å². The lowest BCUT2D eigenvalue weighted by molar-refractivity contribution is -0.0589.